The van der Waals surface area contributed by atoms with Crippen LogP contribution >= 0.6 is 0 Å². The van der Waals surface area contributed by atoms with Gasteiger partial charge < -0.3 is 18.9 Å². The lowest BCUT2D eigenvalue weighted by Gasteiger charge is -2.09. The van der Waals surface area contributed by atoms with Gasteiger partial charge in [-0.25, -0.2) is 19.2 Å². The van der Waals surface area contributed by atoms with Crippen molar-refractivity contribution in [1.29, 1.82) is 0 Å². The van der Waals surface area contributed by atoms with Gasteiger partial charge in [0.2, 0.25) is 0 Å². The number of rotatable bonds is 42. The molecule has 440 valence electrons. The van der Waals surface area contributed by atoms with Gasteiger partial charge in [0, 0.05) is 0 Å². The van der Waals surface area contributed by atoms with E-state index in [1.54, 1.807) is 72.8 Å². The van der Waals surface area contributed by atoms with Crippen LogP contribution in [0.5, 0.6) is 23.0 Å². The van der Waals surface area contributed by atoms with E-state index in [1.807, 2.05) is 60.7 Å². The summed E-state index contributed by atoms with van der Waals surface area (Å²) in [6.45, 7) is 4.56. The second kappa shape index (κ2) is 39.0. The average molecular weight is 1110 g/mol. The number of hydrogen-bond acceptors (Lipinski definition) is 8. The van der Waals surface area contributed by atoms with E-state index in [1.165, 1.54) is 204 Å². The fraction of sp³-hybridized carbons (Fsp3) is 0.486. The minimum atomic E-state index is -0.581. The van der Waals surface area contributed by atoms with E-state index in [-0.39, 0.29) is 11.1 Å². The van der Waals surface area contributed by atoms with Crippen LogP contribution < -0.4 is 18.9 Å². The highest BCUT2D eigenvalue weighted by Crippen LogP contribution is 2.28. The summed E-state index contributed by atoms with van der Waals surface area (Å²) in [6.07, 6.45) is 45.2. The molecule has 6 aromatic carbocycles. The van der Waals surface area contributed by atoms with Crippen LogP contribution in [-0.4, -0.2) is 23.9 Å². The molecule has 0 aliphatic carbocycles. The Balaban J connectivity index is 0.829. The lowest BCUT2D eigenvalue weighted by atomic mass is 10.0. The number of aryl methyl sites for hydroxylation is 2. The van der Waals surface area contributed by atoms with E-state index in [9.17, 15) is 19.2 Å². The monoisotopic (exact) mass is 1110 g/mol. The number of fused-ring (bicyclic) bond motifs is 1. The smallest absolute Gasteiger partial charge is 0.343 e. The third kappa shape index (κ3) is 25.3. The highest BCUT2D eigenvalue weighted by Gasteiger charge is 2.15. The van der Waals surface area contributed by atoms with Crippen molar-refractivity contribution in [3.63, 3.8) is 0 Å². The maximum Gasteiger partial charge on any atom is 0.343 e. The van der Waals surface area contributed by atoms with E-state index in [0.717, 1.165) is 31.1 Å². The molecule has 0 atom stereocenters. The van der Waals surface area contributed by atoms with E-state index < -0.39 is 23.9 Å². The molecule has 6 aromatic rings. The summed E-state index contributed by atoms with van der Waals surface area (Å²) >= 11 is 0. The molecular weight excluding hydrogens is 1020 g/mol. The van der Waals surface area contributed by atoms with Crippen molar-refractivity contribution in [3.05, 3.63) is 167 Å². The Labute approximate surface area is 492 Å². The number of hydrogen-bond donors (Lipinski definition) is 0. The van der Waals surface area contributed by atoms with E-state index >= 15 is 0 Å². The first-order chi connectivity index (χ1) is 40.3. The Morgan fingerprint density at radius 2 is 0.463 bits per heavy atom. The third-order valence-corrected chi connectivity index (χ3v) is 15.8. The van der Waals surface area contributed by atoms with Gasteiger partial charge in [-0.05, 0) is 145 Å². The van der Waals surface area contributed by atoms with E-state index in [4.69, 9.17) is 18.9 Å². The maximum atomic E-state index is 13.2. The number of carbonyl (C=O) groups is 4. The molecule has 0 heterocycles. The first-order valence-corrected chi connectivity index (χ1v) is 32.1. The van der Waals surface area contributed by atoms with Crippen LogP contribution in [0.25, 0.3) is 10.8 Å². The van der Waals surface area contributed by atoms with Crippen molar-refractivity contribution >= 4 is 34.6 Å². The number of ether oxygens (including phenoxy) is 4. The number of carbonyl (C=O) groups excluding carboxylic acids is 4. The molecule has 0 saturated carbocycles. The standard InChI is InChI=1S/C74H96O8/c1-3-5-7-9-11-13-15-17-19-21-23-25-27-29-31-33-35-59-37-41-62(42-38-59)71(75)79-67-51-47-64(48-52-67)73(77)81-69-55-45-61-46-56-70(58-66(61)57-69)82-74(78)65-49-53-68(54-50-65)80-72(76)63-43-39-60(40-44-63)36-34-32-30-28-26-24-22-20-18-16-14-12-10-8-6-4-2/h37-58H,3-36H2,1-2H3. The van der Waals surface area contributed by atoms with Crippen molar-refractivity contribution in [2.24, 2.45) is 0 Å². The Morgan fingerprint density at radius 3 is 0.732 bits per heavy atom. The van der Waals surface area contributed by atoms with Crippen LogP contribution in [-0.2, 0) is 12.8 Å². The highest BCUT2D eigenvalue weighted by atomic mass is 16.5. The zero-order valence-electron chi connectivity index (χ0n) is 50.0. The molecule has 0 unspecified atom stereocenters. The summed E-state index contributed by atoms with van der Waals surface area (Å²) in [6, 6.07) is 38.2. The zero-order valence-corrected chi connectivity index (χ0v) is 50.0. The van der Waals surface area contributed by atoms with Gasteiger partial charge in [-0.1, -0.05) is 243 Å². The number of esters is 4. The largest absolute Gasteiger partial charge is 0.423 e. The number of benzene rings is 6. The minimum absolute atomic E-state index is 0.284. The predicted molar refractivity (Wildman–Crippen MR) is 336 cm³/mol. The Bertz CT molecular complexity index is 2560. The Hall–Kier alpha value is -6.54. The first-order valence-electron chi connectivity index (χ1n) is 32.1. The molecule has 0 amide bonds. The van der Waals surface area contributed by atoms with Crippen molar-refractivity contribution in [2.45, 2.75) is 232 Å². The second-order valence-corrected chi connectivity index (χ2v) is 22.8. The molecule has 0 bridgehead atoms. The Kier molecular flexibility index (Phi) is 30.8. The van der Waals surface area contributed by atoms with E-state index in [2.05, 4.69) is 13.8 Å². The molecule has 8 nitrogen and oxygen atoms in total. The Morgan fingerprint density at radius 1 is 0.244 bits per heavy atom. The third-order valence-electron chi connectivity index (χ3n) is 15.8. The lowest BCUT2D eigenvalue weighted by Crippen LogP contribution is -2.10. The molecule has 0 radical (unpaired) electrons. The molecule has 8 heteroatoms. The van der Waals surface area contributed by atoms with Crippen LogP contribution in [0.1, 0.15) is 272 Å². The van der Waals surface area contributed by atoms with Crippen LogP contribution in [0, 0.1) is 0 Å². The maximum absolute atomic E-state index is 13.2. The molecule has 82 heavy (non-hydrogen) atoms. The molecular formula is C74H96O8. The summed E-state index contributed by atoms with van der Waals surface area (Å²) in [5.74, 6) is -0.842. The van der Waals surface area contributed by atoms with Gasteiger partial charge in [0.25, 0.3) is 0 Å². The molecule has 0 spiro atoms. The van der Waals surface area contributed by atoms with Gasteiger partial charge in [-0.2, -0.15) is 0 Å². The predicted octanol–water partition coefficient (Wildman–Crippen LogP) is 21.3. The van der Waals surface area contributed by atoms with Gasteiger partial charge >= 0.3 is 23.9 Å². The fourth-order valence-electron chi connectivity index (χ4n) is 10.7. The molecule has 0 aliphatic rings. The van der Waals surface area contributed by atoms with Gasteiger partial charge in [-0.15, -0.1) is 0 Å². The normalized spacial score (nSPS) is 11.2. The first kappa shape index (κ1) is 64.6. The SMILES string of the molecule is CCCCCCCCCCCCCCCCCCc1ccc(C(=O)Oc2ccc(C(=O)Oc3ccc4ccc(OC(=O)c5ccc(OC(=O)c6ccc(CCCCCCCCCCCCCCCCCC)cc6)cc5)cc4c3)cc2)cc1. The second-order valence-electron chi connectivity index (χ2n) is 22.8. The summed E-state index contributed by atoms with van der Waals surface area (Å²) in [4.78, 5) is 52.3. The molecule has 0 aromatic heterocycles. The highest BCUT2D eigenvalue weighted by molar-refractivity contribution is 5.95. The topological polar surface area (TPSA) is 105 Å². The van der Waals surface area contributed by atoms with Crippen molar-refractivity contribution in [3.8, 4) is 23.0 Å². The molecule has 6 rings (SSSR count). The fourth-order valence-corrected chi connectivity index (χ4v) is 10.7. The van der Waals surface area contributed by atoms with Gasteiger partial charge in [0.05, 0.1) is 22.3 Å². The summed E-state index contributed by atoms with van der Waals surface area (Å²) in [7, 11) is 0. The minimum Gasteiger partial charge on any atom is -0.423 e. The molecule has 0 fully saturated rings. The summed E-state index contributed by atoms with van der Waals surface area (Å²) in [5.41, 5.74) is 3.93. The summed E-state index contributed by atoms with van der Waals surface area (Å²) < 4.78 is 22.7. The molecule has 0 aliphatic heterocycles. The van der Waals surface area contributed by atoms with E-state index in [0.29, 0.717) is 39.5 Å². The van der Waals surface area contributed by atoms with Crippen LogP contribution in [0.15, 0.2) is 133 Å². The van der Waals surface area contributed by atoms with Crippen molar-refractivity contribution in [1.82, 2.24) is 0 Å². The van der Waals surface area contributed by atoms with Gasteiger partial charge in [-0.3, -0.25) is 0 Å². The van der Waals surface area contributed by atoms with Gasteiger partial charge in [0.15, 0.2) is 0 Å². The average Bonchev–Trinajstić information content (AvgIpc) is 3.67. The van der Waals surface area contributed by atoms with Crippen molar-refractivity contribution in [2.75, 3.05) is 0 Å². The zero-order chi connectivity index (χ0) is 57.7. The van der Waals surface area contributed by atoms with Crippen LogP contribution in [0.3, 0.4) is 0 Å². The molecule has 0 N–H and O–H groups in total. The van der Waals surface area contributed by atoms with Crippen molar-refractivity contribution < 1.29 is 38.1 Å². The quantitative estimate of drug-likeness (QED) is 0.0212. The molecule has 0 saturated heterocycles. The number of unbranched alkanes of at least 4 members (excludes halogenated alkanes) is 30. The summed E-state index contributed by atoms with van der Waals surface area (Å²) in [5, 5.41) is 1.55. The van der Waals surface area contributed by atoms with Crippen LogP contribution in [0.2, 0.25) is 0 Å². The lowest BCUT2D eigenvalue weighted by molar-refractivity contribution is 0.0720. The van der Waals surface area contributed by atoms with Gasteiger partial charge in [0.1, 0.15) is 23.0 Å². The van der Waals surface area contributed by atoms with Crippen LogP contribution in [0.4, 0.5) is 0 Å².